The third-order valence-corrected chi connectivity index (χ3v) is 6.31. The van der Waals surface area contributed by atoms with E-state index in [1.807, 2.05) is 35.2 Å². The van der Waals surface area contributed by atoms with E-state index in [1.54, 1.807) is 19.2 Å². The minimum atomic E-state index is -0.642. The molecule has 2 aromatic rings. The molecule has 2 aliphatic rings. The third kappa shape index (κ3) is 3.82. The molecule has 0 radical (unpaired) electrons. The smallest absolute Gasteiger partial charge is 0.325 e. The first-order chi connectivity index (χ1) is 14.0. The first-order valence-electron chi connectivity index (χ1n) is 8.97. The summed E-state index contributed by atoms with van der Waals surface area (Å²) in [6.07, 6.45) is -0.626. The van der Waals surface area contributed by atoms with Crippen LogP contribution >= 0.6 is 23.4 Å². The van der Waals surface area contributed by atoms with E-state index >= 15 is 0 Å². The highest BCUT2D eigenvalue weighted by atomic mass is 35.5. The molecule has 29 heavy (non-hydrogen) atoms. The molecule has 9 heteroatoms. The van der Waals surface area contributed by atoms with Crippen molar-refractivity contribution >= 4 is 40.5 Å². The van der Waals surface area contributed by atoms with Crippen molar-refractivity contribution < 1.29 is 14.0 Å². The molecule has 1 saturated heterocycles. The number of urea groups is 1. The maximum absolute atomic E-state index is 14.2. The fourth-order valence-corrected chi connectivity index (χ4v) is 4.78. The maximum Gasteiger partial charge on any atom is 0.325 e. The van der Waals surface area contributed by atoms with E-state index in [2.05, 4.69) is 10.3 Å². The van der Waals surface area contributed by atoms with E-state index in [0.717, 1.165) is 5.56 Å². The molecule has 0 aliphatic carbocycles. The van der Waals surface area contributed by atoms with Crippen LogP contribution in [0.1, 0.15) is 11.1 Å². The van der Waals surface area contributed by atoms with Gasteiger partial charge in [0.1, 0.15) is 5.82 Å². The van der Waals surface area contributed by atoms with Crippen molar-refractivity contribution in [3.63, 3.8) is 0 Å². The molecule has 3 amide bonds. The number of carbonyl (C=O) groups excluding carboxylic acids is 2. The molecule has 1 fully saturated rings. The molecular formula is C20H18ClFN4O2S. The second-order valence-corrected chi connectivity index (χ2v) is 8.13. The molecule has 1 N–H and O–H groups in total. The third-order valence-electron chi connectivity index (χ3n) is 4.93. The van der Waals surface area contributed by atoms with Crippen LogP contribution in [0.5, 0.6) is 0 Å². The average Bonchev–Trinajstić information content (AvgIpc) is 3.05. The van der Waals surface area contributed by atoms with Crippen LogP contribution in [-0.2, 0) is 17.1 Å². The average molecular weight is 433 g/mol. The van der Waals surface area contributed by atoms with Gasteiger partial charge in [-0.15, -0.1) is 0 Å². The zero-order chi connectivity index (χ0) is 20.5. The van der Waals surface area contributed by atoms with Crippen molar-refractivity contribution in [2.24, 2.45) is 4.99 Å². The SMILES string of the molecule is CN1C(=O)NC(=O)C2C1N=C(SCc1c(F)cccc1Cl)N2Cc1ccccc1. The minimum absolute atomic E-state index is 0.258. The lowest BCUT2D eigenvalue weighted by atomic mass is 10.1. The molecule has 2 aromatic carbocycles. The van der Waals surface area contributed by atoms with E-state index in [-0.39, 0.29) is 11.6 Å². The fourth-order valence-electron chi connectivity index (χ4n) is 3.37. The Balaban J connectivity index is 1.63. The molecule has 150 valence electrons. The van der Waals surface area contributed by atoms with Crippen molar-refractivity contribution in [3.8, 4) is 0 Å². The lowest BCUT2D eigenvalue weighted by molar-refractivity contribution is -0.127. The number of nitrogens with zero attached hydrogens (tertiary/aromatic N) is 3. The van der Waals surface area contributed by atoms with E-state index in [4.69, 9.17) is 11.6 Å². The molecule has 2 unspecified atom stereocenters. The number of halogens is 2. The standard InChI is InChI=1S/C20H18ClFN4O2S/c1-25-17-16(18(27)24-19(25)28)26(10-12-6-3-2-4-7-12)20(23-17)29-11-13-14(21)8-5-9-15(13)22/h2-9,16-17H,10-11H2,1H3,(H,24,27,28). The maximum atomic E-state index is 14.2. The second kappa shape index (κ2) is 8.04. The number of likely N-dealkylation sites (N-methyl/N-ethyl adjacent to an activating group) is 1. The molecule has 6 nitrogen and oxygen atoms in total. The van der Waals surface area contributed by atoms with Gasteiger partial charge in [0, 0.05) is 29.9 Å². The number of aliphatic imine (C=N–C) groups is 1. The summed E-state index contributed by atoms with van der Waals surface area (Å²) in [7, 11) is 1.60. The summed E-state index contributed by atoms with van der Waals surface area (Å²) >= 11 is 7.44. The molecule has 2 heterocycles. The van der Waals surface area contributed by atoms with E-state index in [1.165, 1.54) is 22.7 Å². The molecule has 2 atom stereocenters. The van der Waals surface area contributed by atoms with Gasteiger partial charge in [-0.1, -0.05) is 59.8 Å². The molecule has 0 aromatic heterocycles. The van der Waals surface area contributed by atoms with Crippen LogP contribution in [0.2, 0.25) is 5.02 Å². The van der Waals surface area contributed by atoms with Gasteiger partial charge in [-0.25, -0.2) is 14.2 Å². The van der Waals surface area contributed by atoms with Crippen LogP contribution < -0.4 is 5.32 Å². The number of amidine groups is 1. The van der Waals surface area contributed by atoms with Crippen molar-refractivity contribution in [2.75, 3.05) is 7.05 Å². The lowest BCUT2D eigenvalue weighted by Gasteiger charge is -2.36. The monoisotopic (exact) mass is 432 g/mol. The number of carbonyl (C=O) groups is 2. The molecule has 4 rings (SSSR count). The summed E-state index contributed by atoms with van der Waals surface area (Å²) in [4.78, 5) is 32.5. The van der Waals surface area contributed by atoms with Crippen molar-refractivity contribution in [2.45, 2.75) is 24.5 Å². The summed E-state index contributed by atoms with van der Waals surface area (Å²) in [5, 5.41) is 3.28. The Kier molecular flexibility index (Phi) is 5.47. The van der Waals surface area contributed by atoms with Crippen LogP contribution in [0.15, 0.2) is 53.5 Å². The van der Waals surface area contributed by atoms with Crippen molar-refractivity contribution in [1.82, 2.24) is 15.1 Å². The quantitative estimate of drug-likeness (QED) is 0.803. The van der Waals surface area contributed by atoms with E-state index < -0.39 is 24.1 Å². The van der Waals surface area contributed by atoms with Gasteiger partial charge in [0.05, 0.1) is 0 Å². The number of benzene rings is 2. The Morgan fingerprint density at radius 3 is 2.66 bits per heavy atom. The van der Waals surface area contributed by atoms with Gasteiger partial charge in [-0.3, -0.25) is 10.1 Å². The Labute approximate surface area is 176 Å². The normalized spacial score (nSPS) is 21.1. The number of hydrogen-bond donors (Lipinski definition) is 1. The summed E-state index contributed by atoms with van der Waals surface area (Å²) in [5.74, 6) is -0.521. The van der Waals surface area contributed by atoms with Gasteiger partial charge in [-0.05, 0) is 17.7 Å². The molecule has 2 aliphatic heterocycles. The van der Waals surface area contributed by atoms with Crippen LogP contribution in [0.3, 0.4) is 0 Å². The predicted molar refractivity (Wildman–Crippen MR) is 111 cm³/mol. The van der Waals surface area contributed by atoms with Crippen LogP contribution in [-0.4, -0.2) is 46.2 Å². The molecule has 0 spiro atoms. The van der Waals surface area contributed by atoms with E-state index in [9.17, 15) is 14.0 Å². The Hall–Kier alpha value is -2.58. The number of imide groups is 1. The van der Waals surface area contributed by atoms with E-state index in [0.29, 0.717) is 22.3 Å². The van der Waals surface area contributed by atoms with Crippen LogP contribution in [0.25, 0.3) is 0 Å². The number of rotatable bonds is 4. The highest BCUT2D eigenvalue weighted by molar-refractivity contribution is 8.13. The molecular weight excluding hydrogens is 415 g/mol. The Morgan fingerprint density at radius 1 is 1.17 bits per heavy atom. The van der Waals surface area contributed by atoms with Crippen LogP contribution in [0.4, 0.5) is 9.18 Å². The number of amides is 3. The fraction of sp³-hybridized carbons (Fsp3) is 0.250. The van der Waals surface area contributed by atoms with Gasteiger partial charge in [0.25, 0.3) is 5.91 Å². The number of hydrogen-bond acceptors (Lipinski definition) is 5. The second-order valence-electron chi connectivity index (χ2n) is 6.78. The van der Waals surface area contributed by atoms with Crippen LogP contribution in [0, 0.1) is 5.82 Å². The van der Waals surface area contributed by atoms with Gasteiger partial charge in [-0.2, -0.15) is 0 Å². The van der Waals surface area contributed by atoms with Gasteiger partial charge < -0.3 is 9.80 Å². The van der Waals surface area contributed by atoms with Crippen molar-refractivity contribution in [3.05, 3.63) is 70.5 Å². The number of thioether (sulfide) groups is 1. The first-order valence-corrected chi connectivity index (χ1v) is 10.3. The lowest BCUT2D eigenvalue weighted by Crippen LogP contribution is -2.63. The minimum Gasteiger partial charge on any atom is -0.331 e. The zero-order valence-corrected chi connectivity index (χ0v) is 17.1. The zero-order valence-electron chi connectivity index (χ0n) is 15.5. The summed E-state index contributed by atoms with van der Waals surface area (Å²) < 4.78 is 14.2. The molecule has 0 saturated carbocycles. The first kappa shape index (κ1) is 19.7. The molecule has 0 bridgehead atoms. The largest absolute Gasteiger partial charge is 0.331 e. The highest BCUT2D eigenvalue weighted by Crippen LogP contribution is 2.33. The van der Waals surface area contributed by atoms with Crippen molar-refractivity contribution in [1.29, 1.82) is 0 Å². The van der Waals surface area contributed by atoms with Gasteiger partial charge >= 0.3 is 6.03 Å². The summed E-state index contributed by atoms with van der Waals surface area (Å²) in [5.41, 5.74) is 1.38. The van der Waals surface area contributed by atoms with Gasteiger partial charge in [0.2, 0.25) is 0 Å². The Bertz CT molecular complexity index is 967. The number of fused-ring (bicyclic) bond motifs is 1. The summed E-state index contributed by atoms with van der Waals surface area (Å²) in [6, 6.07) is 13.1. The number of nitrogens with one attached hydrogen (secondary N) is 1. The predicted octanol–water partition coefficient (Wildman–Crippen LogP) is 3.46. The topological polar surface area (TPSA) is 65.0 Å². The Morgan fingerprint density at radius 2 is 1.93 bits per heavy atom. The summed E-state index contributed by atoms with van der Waals surface area (Å²) in [6.45, 7) is 0.439. The van der Waals surface area contributed by atoms with Gasteiger partial charge in [0.15, 0.2) is 17.4 Å². The highest BCUT2D eigenvalue weighted by Gasteiger charge is 2.48.